The number of hydrogen-bond acceptors (Lipinski definition) is 3. The van der Waals surface area contributed by atoms with Gasteiger partial charge in [-0.1, -0.05) is 15.9 Å². The molecule has 5 nitrogen and oxygen atoms in total. The molecule has 0 saturated carbocycles. The molecule has 2 aliphatic rings. The molecule has 1 aromatic rings. The second-order valence-corrected chi connectivity index (χ2v) is 8.92. The van der Waals surface area contributed by atoms with Crippen LogP contribution in [0.4, 0.5) is 0 Å². The molecule has 0 bridgehead atoms. The Bertz CT molecular complexity index is 669. The normalized spacial score (nSPS) is 23.2. The van der Waals surface area contributed by atoms with Crippen molar-refractivity contribution < 1.29 is 13.2 Å². The highest BCUT2D eigenvalue weighted by Gasteiger charge is 2.41. The van der Waals surface area contributed by atoms with Gasteiger partial charge in [0.2, 0.25) is 15.9 Å². The number of sulfonamides is 1. The molecule has 2 saturated heterocycles. The zero-order valence-corrected chi connectivity index (χ0v) is 15.4. The third-order valence-corrected chi connectivity index (χ3v) is 7.03. The van der Waals surface area contributed by atoms with Crippen LogP contribution in [0.25, 0.3) is 0 Å². The van der Waals surface area contributed by atoms with Crippen LogP contribution in [0.1, 0.15) is 32.1 Å². The van der Waals surface area contributed by atoms with Gasteiger partial charge in [0.15, 0.2) is 0 Å². The second kappa shape index (κ2) is 6.91. The van der Waals surface area contributed by atoms with E-state index in [1.165, 1.54) is 4.31 Å². The molecule has 0 spiro atoms. The fourth-order valence-electron chi connectivity index (χ4n) is 3.34. The third-order valence-electron chi connectivity index (χ3n) is 4.58. The van der Waals surface area contributed by atoms with E-state index in [1.54, 1.807) is 24.3 Å². The van der Waals surface area contributed by atoms with Gasteiger partial charge in [-0.3, -0.25) is 4.79 Å². The number of carbonyl (C=O) groups excluding carboxylic acids is 1. The number of nitrogens with zero attached hydrogens (tertiary/aromatic N) is 2. The lowest BCUT2D eigenvalue weighted by atomic mass is 10.1. The summed E-state index contributed by atoms with van der Waals surface area (Å²) in [7, 11) is -3.62. The molecule has 1 atom stereocenters. The van der Waals surface area contributed by atoms with Gasteiger partial charge in [-0.2, -0.15) is 4.31 Å². The number of rotatable bonds is 3. The smallest absolute Gasteiger partial charge is 0.243 e. The van der Waals surface area contributed by atoms with Crippen molar-refractivity contribution in [2.45, 2.75) is 43.0 Å². The largest absolute Gasteiger partial charge is 0.341 e. The SMILES string of the molecule is O=C(C1CCCN1S(=O)(=O)c1ccc(Br)cc1)N1CCCCC1. The molecule has 7 heteroatoms. The summed E-state index contributed by atoms with van der Waals surface area (Å²) in [5, 5.41) is 0. The van der Waals surface area contributed by atoms with Crippen LogP contribution < -0.4 is 0 Å². The van der Waals surface area contributed by atoms with E-state index in [1.807, 2.05) is 4.90 Å². The van der Waals surface area contributed by atoms with Crippen molar-refractivity contribution in [3.05, 3.63) is 28.7 Å². The Morgan fingerprint density at radius 2 is 1.65 bits per heavy atom. The van der Waals surface area contributed by atoms with E-state index in [0.717, 1.165) is 43.2 Å². The van der Waals surface area contributed by atoms with E-state index in [2.05, 4.69) is 15.9 Å². The number of benzene rings is 1. The topological polar surface area (TPSA) is 57.7 Å². The van der Waals surface area contributed by atoms with Crippen LogP contribution in [0.5, 0.6) is 0 Å². The molecule has 1 unspecified atom stereocenters. The summed E-state index contributed by atoms with van der Waals surface area (Å²) in [4.78, 5) is 14.8. The predicted octanol–water partition coefficient (Wildman–Crippen LogP) is 2.61. The Balaban J connectivity index is 1.82. The van der Waals surface area contributed by atoms with Gasteiger partial charge in [0.1, 0.15) is 6.04 Å². The lowest BCUT2D eigenvalue weighted by Crippen LogP contribution is -2.49. The van der Waals surface area contributed by atoms with Crippen molar-refractivity contribution in [1.82, 2.24) is 9.21 Å². The lowest BCUT2D eigenvalue weighted by Gasteiger charge is -2.32. The second-order valence-electron chi connectivity index (χ2n) is 6.11. The maximum atomic E-state index is 12.9. The monoisotopic (exact) mass is 400 g/mol. The van der Waals surface area contributed by atoms with Crippen molar-refractivity contribution in [2.75, 3.05) is 19.6 Å². The molecule has 126 valence electrons. The van der Waals surface area contributed by atoms with Gasteiger partial charge in [-0.15, -0.1) is 0 Å². The zero-order valence-electron chi connectivity index (χ0n) is 12.9. The highest BCUT2D eigenvalue weighted by molar-refractivity contribution is 9.10. The molecule has 2 heterocycles. The molecule has 23 heavy (non-hydrogen) atoms. The summed E-state index contributed by atoms with van der Waals surface area (Å²) in [6.45, 7) is 1.92. The quantitative estimate of drug-likeness (QED) is 0.783. The number of piperidine rings is 1. The highest BCUT2D eigenvalue weighted by Crippen LogP contribution is 2.28. The maximum absolute atomic E-state index is 12.9. The first-order valence-electron chi connectivity index (χ1n) is 8.06. The van der Waals surface area contributed by atoms with Gasteiger partial charge in [-0.05, 0) is 56.4 Å². The fraction of sp³-hybridized carbons (Fsp3) is 0.562. The minimum Gasteiger partial charge on any atom is -0.341 e. The first-order valence-corrected chi connectivity index (χ1v) is 10.3. The summed E-state index contributed by atoms with van der Waals surface area (Å²) in [6.07, 6.45) is 4.52. The first-order chi connectivity index (χ1) is 11.0. The lowest BCUT2D eigenvalue weighted by molar-refractivity contribution is -0.135. The van der Waals surface area contributed by atoms with Crippen LogP contribution in [0.2, 0.25) is 0 Å². The Labute approximate surface area is 145 Å². The summed E-state index contributed by atoms with van der Waals surface area (Å²) in [5.41, 5.74) is 0. The Hall–Kier alpha value is -0.920. The summed E-state index contributed by atoms with van der Waals surface area (Å²) >= 11 is 3.31. The number of carbonyl (C=O) groups is 1. The van der Waals surface area contributed by atoms with Crippen molar-refractivity contribution in [3.8, 4) is 0 Å². The molecular formula is C16H21BrN2O3S. The van der Waals surface area contributed by atoms with E-state index in [9.17, 15) is 13.2 Å². The Morgan fingerprint density at radius 3 is 2.30 bits per heavy atom. The average Bonchev–Trinajstić information content (AvgIpc) is 3.06. The molecule has 2 fully saturated rings. The van der Waals surface area contributed by atoms with E-state index in [4.69, 9.17) is 0 Å². The highest BCUT2D eigenvalue weighted by atomic mass is 79.9. The Morgan fingerprint density at radius 1 is 1.00 bits per heavy atom. The minimum absolute atomic E-state index is 0.0251. The van der Waals surface area contributed by atoms with Crippen LogP contribution >= 0.6 is 15.9 Å². The molecular weight excluding hydrogens is 380 g/mol. The first kappa shape index (κ1) is 16.9. The van der Waals surface area contributed by atoms with Gasteiger partial charge in [0.25, 0.3) is 0 Å². The number of amides is 1. The van der Waals surface area contributed by atoms with Crippen molar-refractivity contribution in [1.29, 1.82) is 0 Å². The number of likely N-dealkylation sites (tertiary alicyclic amines) is 1. The van der Waals surface area contributed by atoms with Crippen molar-refractivity contribution in [3.63, 3.8) is 0 Å². The summed E-state index contributed by atoms with van der Waals surface area (Å²) < 4.78 is 28.0. The van der Waals surface area contributed by atoms with E-state index in [-0.39, 0.29) is 10.8 Å². The summed E-state index contributed by atoms with van der Waals surface area (Å²) in [6, 6.07) is 6.05. The van der Waals surface area contributed by atoms with Crippen LogP contribution in [0.3, 0.4) is 0 Å². The average molecular weight is 401 g/mol. The van der Waals surface area contributed by atoms with E-state index in [0.29, 0.717) is 13.0 Å². The molecule has 1 amide bonds. The molecule has 0 aliphatic carbocycles. The number of halogens is 1. The maximum Gasteiger partial charge on any atom is 0.243 e. The van der Waals surface area contributed by atoms with Gasteiger partial charge >= 0.3 is 0 Å². The van der Waals surface area contributed by atoms with Crippen molar-refractivity contribution >= 4 is 31.9 Å². The van der Waals surface area contributed by atoms with E-state index < -0.39 is 16.1 Å². The predicted molar refractivity (Wildman–Crippen MR) is 91.5 cm³/mol. The zero-order chi connectivity index (χ0) is 16.4. The molecule has 1 aromatic carbocycles. The minimum atomic E-state index is -3.62. The van der Waals surface area contributed by atoms with Gasteiger partial charge in [-0.25, -0.2) is 8.42 Å². The third kappa shape index (κ3) is 3.46. The molecule has 0 aromatic heterocycles. The van der Waals surface area contributed by atoms with E-state index >= 15 is 0 Å². The molecule has 2 aliphatic heterocycles. The van der Waals surface area contributed by atoms with Crippen LogP contribution in [-0.2, 0) is 14.8 Å². The fourth-order valence-corrected chi connectivity index (χ4v) is 5.26. The molecule has 0 radical (unpaired) electrons. The molecule has 3 rings (SSSR count). The van der Waals surface area contributed by atoms with Crippen molar-refractivity contribution in [2.24, 2.45) is 0 Å². The van der Waals surface area contributed by atoms with Gasteiger partial charge < -0.3 is 4.90 Å². The van der Waals surface area contributed by atoms with Gasteiger partial charge in [0, 0.05) is 24.1 Å². The Kier molecular flexibility index (Phi) is 5.08. The number of hydrogen-bond donors (Lipinski definition) is 0. The molecule has 0 N–H and O–H groups in total. The summed E-state index contributed by atoms with van der Waals surface area (Å²) in [5.74, 6) is -0.0251. The van der Waals surface area contributed by atoms with Crippen LogP contribution in [-0.4, -0.2) is 49.2 Å². The van der Waals surface area contributed by atoms with Gasteiger partial charge in [0.05, 0.1) is 4.90 Å². The van der Waals surface area contributed by atoms with Crippen LogP contribution in [0, 0.1) is 0 Å². The standard InChI is InChI=1S/C16H21BrN2O3S/c17-13-6-8-14(9-7-13)23(21,22)19-12-4-5-15(19)16(20)18-10-2-1-3-11-18/h6-9,15H,1-5,10-12H2. The van der Waals surface area contributed by atoms with Crippen LogP contribution in [0.15, 0.2) is 33.6 Å².